The Labute approximate surface area is 190 Å². The molecule has 0 aromatic carbocycles. The van der Waals surface area contributed by atoms with Gasteiger partial charge in [0, 0.05) is 34.5 Å². The fourth-order valence-corrected chi connectivity index (χ4v) is 5.55. The van der Waals surface area contributed by atoms with Gasteiger partial charge in [0.1, 0.15) is 20.5 Å². The molecule has 0 bridgehead atoms. The molecule has 5 heterocycles. The zero-order chi connectivity index (χ0) is 21.7. The number of fused-ring (bicyclic) bond motifs is 3. The monoisotopic (exact) mass is 468 g/mol. The predicted molar refractivity (Wildman–Crippen MR) is 128 cm³/mol. The summed E-state index contributed by atoms with van der Waals surface area (Å²) in [6, 6.07) is 9.69. The molecule has 0 N–H and O–H groups in total. The molecule has 0 aliphatic rings. The molecular formula is C22H17ClN4O2S2. The fourth-order valence-electron chi connectivity index (χ4n) is 3.49. The Bertz CT molecular complexity index is 1510. The smallest absolute Gasteiger partial charge is 0.271 e. The van der Waals surface area contributed by atoms with Crippen LogP contribution in [0.4, 0.5) is 0 Å². The first-order chi connectivity index (χ1) is 15.0. The van der Waals surface area contributed by atoms with Gasteiger partial charge in [-0.15, -0.1) is 22.7 Å². The lowest BCUT2D eigenvalue weighted by molar-refractivity contribution is 0.327. The second kappa shape index (κ2) is 7.71. The summed E-state index contributed by atoms with van der Waals surface area (Å²) in [6.07, 6.45) is 0. The van der Waals surface area contributed by atoms with Gasteiger partial charge in [0.2, 0.25) is 5.88 Å². The first kappa shape index (κ1) is 20.1. The van der Waals surface area contributed by atoms with Crippen molar-refractivity contribution in [3.8, 4) is 27.6 Å². The second-order valence-corrected chi connectivity index (χ2v) is 9.30. The number of aromatic nitrogens is 4. The molecule has 5 aromatic rings. The van der Waals surface area contributed by atoms with E-state index in [1.165, 1.54) is 11.3 Å². The number of hydrogen-bond acceptors (Lipinski definition) is 7. The van der Waals surface area contributed by atoms with E-state index in [0.29, 0.717) is 33.7 Å². The third-order valence-corrected chi connectivity index (χ3v) is 7.20. The predicted octanol–water partition coefficient (Wildman–Crippen LogP) is 5.69. The average Bonchev–Trinajstić information content (AvgIpc) is 3.40. The van der Waals surface area contributed by atoms with Crippen molar-refractivity contribution in [1.82, 2.24) is 19.5 Å². The van der Waals surface area contributed by atoms with Gasteiger partial charge < -0.3 is 4.74 Å². The van der Waals surface area contributed by atoms with Crippen LogP contribution in [0.1, 0.15) is 12.7 Å². The molecule has 9 heteroatoms. The van der Waals surface area contributed by atoms with Crippen LogP contribution in [0, 0.1) is 6.92 Å². The lowest BCUT2D eigenvalue weighted by Gasteiger charge is -2.09. The van der Waals surface area contributed by atoms with Crippen molar-refractivity contribution in [2.24, 2.45) is 7.05 Å². The number of hydrogen-bond donors (Lipinski definition) is 0. The molecule has 156 valence electrons. The maximum Gasteiger partial charge on any atom is 0.271 e. The highest BCUT2D eigenvalue weighted by Crippen LogP contribution is 2.41. The summed E-state index contributed by atoms with van der Waals surface area (Å²) in [4.78, 5) is 28.6. The van der Waals surface area contributed by atoms with Gasteiger partial charge in [0.15, 0.2) is 0 Å². The number of rotatable bonds is 4. The van der Waals surface area contributed by atoms with E-state index >= 15 is 0 Å². The van der Waals surface area contributed by atoms with E-state index in [1.807, 2.05) is 37.4 Å². The highest BCUT2D eigenvalue weighted by Gasteiger charge is 2.20. The zero-order valence-electron chi connectivity index (χ0n) is 17.0. The van der Waals surface area contributed by atoms with E-state index in [9.17, 15) is 4.79 Å². The minimum Gasteiger partial charge on any atom is -0.478 e. The van der Waals surface area contributed by atoms with Crippen molar-refractivity contribution >= 4 is 54.7 Å². The van der Waals surface area contributed by atoms with Crippen LogP contribution in [-0.2, 0) is 7.05 Å². The molecule has 5 aromatic heterocycles. The number of nitrogens with zero attached hydrogens (tertiary/aromatic N) is 4. The molecule has 0 saturated heterocycles. The first-order valence-electron chi connectivity index (χ1n) is 9.61. The topological polar surface area (TPSA) is 69.9 Å². The van der Waals surface area contributed by atoms with E-state index in [4.69, 9.17) is 26.3 Å². The average molecular weight is 469 g/mol. The Kier molecular flexibility index (Phi) is 5.00. The Morgan fingerprint density at radius 3 is 2.77 bits per heavy atom. The van der Waals surface area contributed by atoms with E-state index in [-0.39, 0.29) is 5.56 Å². The molecule has 0 radical (unpaired) electrons. The SMILES string of the molecule is CCOc1cc(-c2cc(-c3cccs3)c3c(n2)sc2c(=O)n(C)c(C)nc23)cc(Cl)n1. The van der Waals surface area contributed by atoms with Crippen LogP contribution >= 0.6 is 34.3 Å². The molecule has 0 aliphatic carbocycles. The third-order valence-electron chi connectivity index (χ3n) is 5.04. The second-order valence-electron chi connectivity index (χ2n) is 6.97. The molecule has 0 spiro atoms. The number of thiophene rings is 2. The Morgan fingerprint density at radius 2 is 2.03 bits per heavy atom. The standard InChI is InChI=1S/C22H17ClN4O2S2/c1-4-29-17-9-12(8-16(23)26-17)14-10-13(15-6-5-7-30-15)18-19-20(31-21(18)25-14)22(28)27(3)11(2)24-19/h5-10H,4H2,1-3H3. The van der Waals surface area contributed by atoms with Crippen LogP contribution < -0.4 is 10.3 Å². The normalized spacial score (nSPS) is 11.5. The van der Waals surface area contributed by atoms with Gasteiger partial charge >= 0.3 is 0 Å². The molecule has 0 atom stereocenters. The summed E-state index contributed by atoms with van der Waals surface area (Å²) in [5.41, 5.74) is 3.17. The van der Waals surface area contributed by atoms with Crippen LogP contribution in [0.25, 0.3) is 42.1 Å². The number of halogens is 1. The molecule has 0 unspecified atom stereocenters. The van der Waals surface area contributed by atoms with Crippen LogP contribution in [0.2, 0.25) is 5.15 Å². The van der Waals surface area contributed by atoms with E-state index in [1.54, 1.807) is 29.0 Å². The summed E-state index contributed by atoms with van der Waals surface area (Å²) in [6.45, 7) is 4.23. The van der Waals surface area contributed by atoms with E-state index in [0.717, 1.165) is 31.9 Å². The molecule has 0 saturated carbocycles. The van der Waals surface area contributed by atoms with Gasteiger partial charge in [0.25, 0.3) is 5.56 Å². The Hall–Kier alpha value is -2.81. The van der Waals surface area contributed by atoms with Crippen molar-refractivity contribution in [3.05, 3.63) is 57.0 Å². The highest BCUT2D eigenvalue weighted by molar-refractivity contribution is 7.25. The zero-order valence-corrected chi connectivity index (χ0v) is 19.4. The van der Waals surface area contributed by atoms with E-state index < -0.39 is 0 Å². The van der Waals surface area contributed by atoms with Crippen molar-refractivity contribution in [2.45, 2.75) is 13.8 Å². The summed E-state index contributed by atoms with van der Waals surface area (Å²) in [5, 5.41) is 3.27. The number of aryl methyl sites for hydroxylation is 1. The summed E-state index contributed by atoms with van der Waals surface area (Å²) >= 11 is 9.25. The summed E-state index contributed by atoms with van der Waals surface area (Å²) < 4.78 is 7.73. The van der Waals surface area contributed by atoms with Crippen LogP contribution in [0.5, 0.6) is 5.88 Å². The van der Waals surface area contributed by atoms with Gasteiger partial charge in [-0.05, 0) is 37.4 Å². The van der Waals surface area contributed by atoms with Crippen molar-refractivity contribution < 1.29 is 4.74 Å². The van der Waals surface area contributed by atoms with Crippen molar-refractivity contribution in [3.63, 3.8) is 0 Å². The summed E-state index contributed by atoms with van der Waals surface area (Å²) in [5.74, 6) is 1.12. The van der Waals surface area contributed by atoms with E-state index in [2.05, 4.69) is 11.1 Å². The maximum atomic E-state index is 12.9. The Balaban J connectivity index is 1.86. The Morgan fingerprint density at radius 1 is 1.19 bits per heavy atom. The third kappa shape index (κ3) is 3.40. The molecule has 0 aliphatic heterocycles. The first-order valence-corrected chi connectivity index (χ1v) is 11.7. The number of ether oxygens (including phenoxy) is 1. The molecule has 5 rings (SSSR count). The minimum atomic E-state index is -0.0604. The molecule has 6 nitrogen and oxygen atoms in total. The van der Waals surface area contributed by atoms with Gasteiger partial charge in [-0.2, -0.15) is 0 Å². The molecular weight excluding hydrogens is 452 g/mol. The largest absolute Gasteiger partial charge is 0.478 e. The van der Waals surface area contributed by atoms with Crippen LogP contribution in [0.15, 0.2) is 40.5 Å². The molecule has 31 heavy (non-hydrogen) atoms. The maximum absolute atomic E-state index is 12.9. The lowest BCUT2D eigenvalue weighted by Crippen LogP contribution is -2.19. The van der Waals surface area contributed by atoms with Gasteiger partial charge in [-0.25, -0.2) is 15.0 Å². The van der Waals surface area contributed by atoms with Gasteiger partial charge in [-0.3, -0.25) is 9.36 Å². The van der Waals surface area contributed by atoms with Crippen molar-refractivity contribution in [1.29, 1.82) is 0 Å². The van der Waals surface area contributed by atoms with Crippen LogP contribution in [-0.4, -0.2) is 26.1 Å². The quantitative estimate of drug-likeness (QED) is 0.317. The minimum absolute atomic E-state index is 0.0604. The van der Waals surface area contributed by atoms with Crippen LogP contribution in [0.3, 0.4) is 0 Å². The van der Waals surface area contributed by atoms with Crippen molar-refractivity contribution in [2.75, 3.05) is 6.61 Å². The number of pyridine rings is 2. The summed E-state index contributed by atoms with van der Waals surface area (Å²) in [7, 11) is 1.74. The highest BCUT2D eigenvalue weighted by atomic mass is 35.5. The lowest BCUT2D eigenvalue weighted by atomic mass is 10.1. The van der Waals surface area contributed by atoms with Gasteiger partial charge in [-0.1, -0.05) is 17.7 Å². The molecule has 0 fully saturated rings. The molecule has 0 amide bonds. The van der Waals surface area contributed by atoms with Gasteiger partial charge in [0.05, 0.1) is 17.8 Å². The fraction of sp³-hybridized carbons (Fsp3) is 0.182.